The Balaban J connectivity index is 1.72. The van der Waals surface area contributed by atoms with E-state index < -0.39 is 5.41 Å². The van der Waals surface area contributed by atoms with Crippen molar-refractivity contribution in [2.45, 2.75) is 104 Å². The average molecular weight is 350 g/mol. The van der Waals surface area contributed by atoms with Crippen LogP contribution in [-0.4, -0.2) is 19.5 Å². The number of rotatable bonds is 10. The zero-order valence-electron chi connectivity index (χ0n) is 16.6. The number of unbranched alkanes of at least 4 members (excludes halogenated alkanes) is 5. The van der Waals surface area contributed by atoms with Gasteiger partial charge in [-0.25, -0.2) is 0 Å². The quantitative estimate of drug-likeness (QED) is 0.439. The van der Waals surface area contributed by atoms with E-state index in [1.807, 2.05) is 0 Å². The molecule has 0 amide bonds. The van der Waals surface area contributed by atoms with E-state index in [1.165, 1.54) is 70.6 Å². The molecule has 3 nitrogen and oxygen atoms in total. The first-order valence-electron chi connectivity index (χ1n) is 10.9. The first-order valence-corrected chi connectivity index (χ1v) is 10.9. The van der Waals surface area contributed by atoms with E-state index >= 15 is 0 Å². The van der Waals surface area contributed by atoms with Crippen LogP contribution >= 0.6 is 0 Å². The van der Waals surface area contributed by atoms with Gasteiger partial charge in [0.15, 0.2) is 6.29 Å². The Bertz CT molecular complexity index is 387. The summed E-state index contributed by atoms with van der Waals surface area (Å²) in [5, 5.41) is 9.86. The molecule has 0 aromatic carbocycles. The molecule has 0 aromatic rings. The van der Waals surface area contributed by atoms with Crippen LogP contribution in [0, 0.1) is 28.6 Å². The highest BCUT2D eigenvalue weighted by Gasteiger charge is 2.45. The summed E-state index contributed by atoms with van der Waals surface area (Å²) >= 11 is 0. The summed E-state index contributed by atoms with van der Waals surface area (Å²) in [4.78, 5) is 0. The van der Waals surface area contributed by atoms with Crippen LogP contribution < -0.4 is 0 Å². The van der Waals surface area contributed by atoms with Crippen molar-refractivity contribution >= 4 is 0 Å². The van der Waals surface area contributed by atoms with Crippen LogP contribution in [-0.2, 0) is 9.47 Å². The third kappa shape index (κ3) is 6.26. The van der Waals surface area contributed by atoms with Crippen molar-refractivity contribution in [2.24, 2.45) is 17.3 Å². The zero-order chi connectivity index (χ0) is 18.0. The Morgan fingerprint density at radius 2 is 1.40 bits per heavy atom. The van der Waals surface area contributed by atoms with Crippen molar-refractivity contribution < 1.29 is 9.47 Å². The molecule has 1 aliphatic heterocycles. The van der Waals surface area contributed by atoms with Crippen molar-refractivity contribution in [3.63, 3.8) is 0 Å². The standard InChI is InChI=1S/C22H39NO2/c1-3-5-7-9-10-19-12-14-22(18-23,15-13-19)21-24-16-20(17-25-21)11-8-6-4-2/h19-21H,3-17H2,1-2H3. The minimum Gasteiger partial charge on any atom is -0.351 e. The SMILES string of the molecule is CCCCCCC1CCC(C#N)(C2OCC(CCCCC)CO2)CC1. The molecule has 25 heavy (non-hydrogen) atoms. The first kappa shape index (κ1) is 20.7. The van der Waals surface area contributed by atoms with E-state index in [4.69, 9.17) is 9.47 Å². The first-order chi connectivity index (χ1) is 12.2. The van der Waals surface area contributed by atoms with E-state index in [0.717, 1.165) is 32.0 Å². The Morgan fingerprint density at radius 1 is 0.840 bits per heavy atom. The fourth-order valence-corrected chi connectivity index (χ4v) is 4.45. The highest BCUT2D eigenvalue weighted by Crippen LogP contribution is 2.45. The van der Waals surface area contributed by atoms with Gasteiger partial charge in [0.05, 0.1) is 19.3 Å². The molecule has 0 aromatic heterocycles. The third-order valence-electron chi connectivity index (χ3n) is 6.32. The molecule has 1 aliphatic carbocycles. The molecule has 144 valence electrons. The maximum atomic E-state index is 9.86. The number of ether oxygens (including phenoxy) is 2. The highest BCUT2D eigenvalue weighted by atomic mass is 16.7. The van der Waals surface area contributed by atoms with E-state index in [1.54, 1.807) is 0 Å². The lowest BCUT2D eigenvalue weighted by Gasteiger charge is -2.42. The van der Waals surface area contributed by atoms with E-state index in [2.05, 4.69) is 19.9 Å². The maximum Gasteiger partial charge on any atom is 0.176 e. The lowest BCUT2D eigenvalue weighted by molar-refractivity contribution is -0.247. The molecule has 1 saturated carbocycles. The number of nitrogens with zero attached hydrogens (tertiary/aromatic N) is 1. The molecule has 0 radical (unpaired) electrons. The smallest absolute Gasteiger partial charge is 0.176 e. The molecule has 3 heteroatoms. The maximum absolute atomic E-state index is 9.86. The summed E-state index contributed by atoms with van der Waals surface area (Å²) in [6.07, 6.45) is 15.7. The average Bonchev–Trinajstić information content (AvgIpc) is 2.67. The van der Waals surface area contributed by atoms with Crippen molar-refractivity contribution in [2.75, 3.05) is 13.2 Å². The lowest BCUT2D eigenvalue weighted by atomic mass is 9.69. The molecule has 2 rings (SSSR count). The molecule has 0 N–H and O–H groups in total. The van der Waals surface area contributed by atoms with Gasteiger partial charge < -0.3 is 9.47 Å². The predicted molar refractivity (Wildman–Crippen MR) is 102 cm³/mol. The molecule has 2 aliphatic rings. The van der Waals surface area contributed by atoms with E-state index in [0.29, 0.717) is 5.92 Å². The zero-order valence-corrected chi connectivity index (χ0v) is 16.6. The van der Waals surface area contributed by atoms with Crippen LogP contribution in [0.15, 0.2) is 0 Å². The molecule has 2 fully saturated rings. The predicted octanol–water partition coefficient (Wildman–Crippen LogP) is 6.23. The van der Waals surface area contributed by atoms with Gasteiger partial charge in [0.1, 0.15) is 5.41 Å². The number of nitriles is 1. The summed E-state index contributed by atoms with van der Waals surface area (Å²) in [6, 6.07) is 2.60. The van der Waals surface area contributed by atoms with E-state index in [9.17, 15) is 5.26 Å². The summed E-state index contributed by atoms with van der Waals surface area (Å²) < 4.78 is 12.1. The molecule has 1 heterocycles. The summed E-state index contributed by atoms with van der Waals surface area (Å²) in [6.45, 7) is 6.05. The van der Waals surface area contributed by atoms with Gasteiger partial charge in [0.2, 0.25) is 0 Å². The largest absolute Gasteiger partial charge is 0.351 e. The molecule has 1 saturated heterocycles. The highest BCUT2D eigenvalue weighted by molar-refractivity contribution is 5.04. The molecular formula is C22H39NO2. The summed E-state index contributed by atoms with van der Waals surface area (Å²) in [7, 11) is 0. The summed E-state index contributed by atoms with van der Waals surface area (Å²) in [5.74, 6) is 1.33. The molecule has 0 bridgehead atoms. The van der Waals surface area contributed by atoms with Gasteiger partial charge in [0, 0.05) is 5.92 Å². The van der Waals surface area contributed by atoms with Gasteiger partial charge in [-0.2, -0.15) is 5.26 Å². The Morgan fingerprint density at radius 3 is 2.00 bits per heavy atom. The second-order valence-electron chi connectivity index (χ2n) is 8.42. The van der Waals surface area contributed by atoms with E-state index in [-0.39, 0.29) is 6.29 Å². The van der Waals surface area contributed by atoms with Crippen molar-refractivity contribution in [1.29, 1.82) is 5.26 Å². The fraction of sp³-hybridized carbons (Fsp3) is 0.955. The number of hydrogen-bond donors (Lipinski definition) is 0. The Labute approximate surface area is 155 Å². The van der Waals surface area contributed by atoms with Crippen LogP contribution in [0.4, 0.5) is 0 Å². The minimum absolute atomic E-state index is 0.291. The second-order valence-corrected chi connectivity index (χ2v) is 8.42. The minimum atomic E-state index is -0.395. The monoisotopic (exact) mass is 349 g/mol. The fourth-order valence-electron chi connectivity index (χ4n) is 4.45. The van der Waals surface area contributed by atoms with Gasteiger partial charge in [-0.05, 0) is 38.0 Å². The second kappa shape index (κ2) is 11.2. The lowest BCUT2D eigenvalue weighted by Crippen LogP contribution is -2.45. The van der Waals surface area contributed by atoms with Crippen LogP contribution in [0.25, 0.3) is 0 Å². The van der Waals surface area contributed by atoms with Gasteiger partial charge in [-0.1, -0.05) is 65.2 Å². The van der Waals surface area contributed by atoms with Gasteiger partial charge in [-0.3, -0.25) is 0 Å². The van der Waals surface area contributed by atoms with Crippen molar-refractivity contribution in [3.05, 3.63) is 0 Å². The normalized spacial score (nSPS) is 33.1. The molecule has 0 spiro atoms. The van der Waals surface area contributed by atoms with Crippen molar-refractivity contribution in [1.82, 2.24) is 0 Å². The van der Waals surface area contributed by atoms with Crippen LogP contribution in [0.5, 0.6) is 0 Å². The van der Waals surface area contributed by atoms with Gasteiger partial charge >= 0.3 is 0 Å². The molecule has 0 atom stereocenters. The Hall–Kier alpha value is -0.590. The Kier molecular flexibility index (Phi) is 9.28. The summed E-state index contributed by atoms with van der Waals surface area (Å²) in [5.41, 5.74) is -0.395. The van der Waals surface area contributed by atoms with Crippen LogP contribution in [0.1, 0.15) is 97.3 Å². The third-order valence-corrected chi connectivity index (χ3v) is 6.32. The van der Waals surface area contributed by atoms with Crippen LogP contribution in [0.3, 0.4) is 0 Å². The topological polar surface area (TPSA) is 42.2 Å². The van der Waals surface area contributed by atoms with Gasteiger partial charge in [-0.15, -0.1) is 0 Å². The molecule has 0 unspecified atom stereocenters. The van der Waals surface area contributed by atoms with Crippen molar-refractivity contribution in [3.8, 4) is 6.07 Å². The number of hydrogen-bond acceptors (Lipinski definition) is 3. The molecular weight excluding hydrogens is 310 g/mol. The van der Waals surface area contributed by atoms with Crippen LogP contribution in [0.2, 0.25) is 0 Å². The van der Waals surface area contributed by atoms with Gasteiger partial charge in [0.25, 0.3) is 0 Å².